The van der Waals surface area contributed by atoms with Crippen molar-refractivity contribution in [3.8, 4) is 0 Å². The van der Waals surface area contributed by atoms with E-state index in [1.807, 2.05) is 6.26 Å². The van der Waals surface area contributed by atoms with Crippen LogP contribution in [0.2, 0.25) is 0 Å². The number of rotatable bonds is 9. The van der Waals surface area contributed by atoms with Crippen LogP contribution in [0.5, 0.6) is 0 Å². The Morgan fingerprint density at radius 3 is 2.47 bits per heavy atom. The summed E-state index contributed by atoms with van der Waals surface area (Å²) >= 11 is 1.48. The number of benzene rings is 2. The van der Waals surface area contributed by atoms with Crippen molar-refractivity contribution >= 4 is 50.3 Å². The van der Waals surface area contributed by atoms with E-state index in [0.29, 0.717) is 22.5 Å². The standard InChI is InChI=1S/C21H23N3O6S2/c1-13(25)14-4-6-15(7-5-14)22-20(26)17(10-11-31-3)23-32(28,29)16-8-9-18-19(12-16)30-21(27)24(18)2/h4-9,12,17,23H,10-11H2,1-3H3,(H,22,26)/t17-/m0/s1. The number of hydrogen-bond donors (Lipinski definition) is 2. The third kappa shape index (κ3) is 5.29. The van der Waals surface area contributed by atoms with Gasteiger partial charge in [0.25, 0.3) is 0 Å². The zero-order valence-corrected chi connectivity index (χ0v) is 19.4. The van der Waals surface area contributed by atoms with E-state index in [-0.39, 0.29) is 22.7 Å². The highest BCUT2D eigenvalue weighted by Crippen LogP contribution is 2.19. The van der Waals surface area contributed by atoms with Crippen molar-refractivity contribution in [3.05, 3.63) is 58.6 Å². The predicted octanol–water partition coefficient (Wildman–Crippen LogP) is 2.37. The Morgan fingerprint density at radius 1 is 1.16 bits per heavy atom. The molecule has 9 nitrogen and oxygen atoms in total. The number of carbonyl (C=O) groups is 2. The van der Waals surface area contributed by atoms with Crippen molar-refractivity contribution in [2.45, 2.75) is 24.3 Å². The first-order valence-corrected chi connectivity index (χ1v) is 12.5. The Kier molecular flexibility index (Phi) is 7.22. The van der Waals surface area contributed by atoms with Gasteiger partial charge < -0.3 is 9.73 Å². The van der Waals surface area contributed by atoms with Crippen LogP contribution in [0, 0.1) is 0 Å². The zero-order chi connectivity index (χ0) is 23.5. The SMILES string of the molecule is CSCC[C@H](NS(=O)(=O)c1ccc2c(c1)oc(=O)n2C)C(=O)Nc1ccc(C(C)=O)cc1. The van der Waals surface area contributed by atoms with Gasteiger partial charge in [-0.25, -0.2) is 13.2 Å². The number of Topliss-reactive ketones (excluding diaryl/α,β-unsaturated/α-hetero) is 1. The molecule has 0 bridgehead atoms. The number of ketones is 1. The number of nitrogens with one attached hydrogen (secondary N) is 2. The minimum absolute atomic E-state index is 0.0975. The van der Waals surface area contributed by atoms with Crippen LogP contribution in [-0.4, -0.2) is 42.7 Å². The summed E-state index contributed by atoms with van der Waals surface area (Å²) < 4.78 is 34.7. The number of fused-ring (bicyclic) bond motifs is 1. The van der Waals surface area contributed by atoms with E-state index in [9.17, 15) is 22.8 Å². The van der Waals surface area contributed by atoms with Gasteiger partial charge in [0.15, 0.2) is 11.4 Å². The third-order valence-corrected chi connectivity index (χ3v) is 6.97. The molecule has 0 aliphatic carbocycles. The van der Waals surface area contributed by atoms with Gasteiger partial charge in [-0.15, -0.1) is 0 Å². The zero-order valence-electron chi connectivity index (χ0n) is 17.7. The molecule has 1 amide bonds. The van der Waals surface area contributed by atoms with E-state index in [1.165, 1.54) is 48.5 Å². The lowest BCUT2D eigenvalue weighted by Gasteiger charge is -2.18. The van der Waals surface area contributed by atoms with Crippen molar-refractivity contribution in [2.24, 2.45) is 7.05 Å². The molecule has 3 rings (SSSR count). The summed E-state index contributed by atoms with van der Waals surface area (Å²) in [5.41, 5.74) is 1.54. The second-order valence-electron chi connectivity index (χ2n) is 7.13. The topological polar surface area (TPSA) is 127 Å². The fourth-order valence-electron chi connectivity index (χ4n) is 3.03. The van der Waals surface area contributed by atoms with Crippen LogP contribution in [0.4, 0.5) is 5.69 Å². The number of aromatic nitrogens is 1. The fraction of sp³-hybridized carbons (Fsp3) is 0.286. The summed E-state index contributed by atoms with van der Waals surface area (Å²) in [5, 5.41) is 2.68. The van der Waals surface area contributed by atoms with Gasteiger partial charge in [-0.3, -0.25) is 14.2 Å². The van der Waals surface area contributed by atoms with Crippen LogP contribution < -0.4 is 15.8 Å². The lowest BCUT2D eigenvalue weighted by Crippen LogP contribution is -2.44. The van der Waals surface area contributed by atoms with Gasteiger partial charge in [0.2, 0.25) is 15.9 Å². The molecule has 0 unspecified atom stereocenters. The van der Waals surface area contributed by atoms with Gasteiger partial charge >= 0.3 is 5.76 Å². The molecule has 2 aromatic carbocycles. The van der Waals surface area contributed by atoms with Crippen LogP contribution in [0.15, 0.2) is 56.6 Å². The quantitative estimate of drug-likeness (QED) is 0.453. The number of anilines is 1. The van der Waals surface area contributed by atoms with Crippen molar-refractivity contribution in [3.63, 3.8) is 0 Å². The summed E-state index contributed by atoms with van der Waals surface area (Å²) in [5.74, 6) is -0.669. The summed E-state index contributed by atoms with van der Waals surface area (Å²) in [6, 6.07) is 9.39. The van der Waals surface area contributed by atoms with Crippen LogP contribution in [0.3, 0.4) is 0 Å². The molecule has 0 saturated heterocycles. The van der Waals surface area contributed by atoms with E-state index in [0.717, 1.165) is 0 Å². The number of hydrogen-bond acceptors (Lipinski definition) is 7. The summed E-state index contributed by atoms with van der Waals surface area (Å²) in [6.07, 6.45) is 2.12. The van der Waals surface area contributed by atoms with E-state index in [2.05, 4.69) is 10.0 Å². The minimum Gasteiger partial charge on any atom is -0.408 e. The van der Waals surface area contributed by atoms with Crippen molar-refractivity contribution < 1.29 is 22.4 Å². The van der Waals surface area contributed by atoms with Crippen molar-refractivity contribution in [2.75, 3.05) is 17.3 Å². The van der Waals surface area contributed by atoms with Gasteiger partial charge in [0, 0.05) is 24.4 Å². The van der Waals surface area contributed by atoms with Crippen LogP contribution in [-0.2, 0) is 21.9 Å². The lowest BCUT2D eigenvalue weighted by atomic mass is 10.1. The number of amides is 1. The average molecular weight is 478 g/mol. The summed E-state index contributed by atoms with van der Waals surface area (Å²) in [4.78, 5) is 35.8. The molecule has 0 spiro atoms. The van der Waals surface area contributed by atoms with E-state index in [4.69, 9.17) is 4.42 Å². The largest absolute Gasteiger partial charge is 0.419 e. The first-order chi connectivity index (χ1) is 15.1. The molecule has 0 aliphatic rings. The maximum Gasteiger partial charge on any atom is 0.419 e. The van der Waals surface area contributed by atoms with Gasteiger partial charge in [0.05, 0.1) is 10.4 Å². The molecular formula is C21H23N3O6S2. The van der Waals surface area contributed by atoms with Crippen LogP contribution >= 0.6 is 11.8 Å². The smallest absolute Gasteiger partial charge is 0.408 e. The molecule has 1 heterocycles. The number of nitrogens with zero attached hydrogens (tertiary/aromatic N) is 1. The molecule has 1 atom stereocenters. The first kappa shape index (κ1) is 23.8. The highest BCUT2D eigenvalue weighted by Gasteiger charge is 2.26. The summed E-state index contributed by atoms with van der Waals surface area (Å²) in [7, 11) is -2.56. The normalized spacial score (nSPS) is 12.6. The predicted molar refractivity (Wildman–Crippen MR) is 124 cm³/mol. The highest BCUT2D eigenvalue weighted by atomic mass is 32.2. The number of carbonyl (C=O) groups excluding carboxylic acids is 2. The fourth-order valence-corrected chi connectivity index (χ4v) is 4.75. The molecule has 0 radical (unpaired) electrons. The van der Waals surface area contributed by atoms with Crippen molar-refractivity contribution in [1.82, 2.24) is 9.29 Å². The maximum atomic E-state index is 13.0. The highest BCUT2D eigenvalue weighted by molar-refractivity contribution is 7.98. The van der Waals surface area contributed by atoms with Gasteiger partial charge in [0.1, 0.15) is 6.04 Å². The first-order valence-electron chi connectivity index (χ1n) is 9.65. The third-order valence-electron chi connectivity index (χ3n) is 4.86. The average Bonchev–Trinajstić information content (AvgIpc) is 3.04. The molecule has 0 aliphatic heterocycles. The Balaban J connectivity index is 1.82. The Bertz CT molecular complexity index is 1310. The van der Waals surface area contributed by atoms with Gasteiger partial charge in [-0.1, -0.05) is 0 Å². The molecule has 0 fully saturated rings. The monoisotopic (exact) mass is 477 g/mol. The molecule has 2 N–H and O–H groups in total. The maximum absolute atomic E-state index is 13.0. The van der Waals surface area contributed by atoms with Gasteiger partial charge in [-0.2, -0.15) is 16.5 Å². The molecule has 0 saturated carbocycles. The number of thioether (sulfide) groups is 1. The minimum atomic E-state index is -4.08. The molecule has 32 heavy (non-hydrogen) atoms. The number of oxazole rings is 1. The van der Waals surface area contributed by atoms with E-state index >= 15 is 0 Å². The van der Waals surface area contributed by atoms with E-state index in [1.54, 1.807) is 24.3 Å². The summed E-state index contributed by atoms with van der Waals surface area (Å²) in [6.45, 7) is 1.44. The lowest BCUT2D eigenvalue weighted by molar-refractivity contribution is -0.117. The van der Waals surface area contributed by atoms with E-state index < -0.39 is 27.7 Å². The molecule has 170 valence electrons. The van der Waals surface area contributed by atoms with Crippen molar-refractivity contribution in [1.29, 1.82) is 0 Å². The molecule has 3 aromatic rings. The Morgan fingerprint density at radius 2 is 1.84 bits per heavy atom. The molecule has 11 heteroatoms. The Hall–Kier alpha value is -2.89. The molecule has 1 aromatic heterocycles. The van der Waals surface area contributed by atoms with Gasteiger partial charge in [-0.05, 0) is 61.8 Å². The van der Waals surface area contributed by atoms with Crippen LogP contribution in [0.25, 0.3) is 11.1 Å². The Labute approximate surface area is 189 Å². The molecular weight excluding hydrogens is 454 g/mol. The van der Waals surface area contributed by atoms with Crippen LogP contribution in [0.1, 0.15) is 23.7 Å². The number of sulfonamides is 1. The second kappa shape index (κ2) is 9.72. The number of aryl methyl sites for hydroxylation is 1. The second-order valence-corrected chi connectivity index (χ2v) is 9.83.